The van der Waals surface area contributed by atoms with Crippen molar-refractivity contribution >= 4 is 23.4 Å². The van der Waals surface area contributed by atoms with Crippen LogP contribution in [0.15, 0.2) is 66.7 Å². The molecule has 2 aromatic rings. The summed E-state index contributed by atoms with van der Waals surface area (Å²) < 4.78 is 11.8. The normalized spacial score (nSPS) is 30.9. The van der Waals surface area contributed by atoms with Gasteiger partial charge in [0.05, 0.1) is 25.0 Å². The molecule has 0 aromatic heterocycles. The van der Waals surface area contributed by atoms with Crippen LogP contribution in [-0.4, -0.2) is 78.6 Å². The van der Waals surface area contributed by atoms with Gasteiger partial charge >= 0.3 is 0 Å². The number of hydrogen-bond donors (Lipinski definition) is 2. The predicted octanol–water partition coefficient (Wildman–Crippen LogP) is 3.61. The highest BCUT2D eigenvalue weighted by atomic mass is 16.5. The highest BCUT2D eigenvalue weighted by Gasteiger charge is 2.72. The molecule has 7 atom stereocenters. The van der Waals surface area contributed by atoms with Crippen molar-refractivity contribution < 1.29 is 23.9 Å². The minimum Gasteiger partial charge on any atom is -0.497 e. The minimum absolute atomic E-state index is 0.0594. The molecule has 3 fully saturated rings. The third-order valence-electron chi connectivity index (χ3n) is 9.72. The van der Waals surface area contributed by atoms with Gasteiger partial charge in [-0.25, -0.2) is 0 Å². The Balaban J connectivity index is 1.25. The van der Waals surface area contributed by atoms with E-state index >= 15 is 0 Å². The molecular weight excluding hydrogens is 544 g/mol. The van der Waals surface area contributed by atoms with Crippen LogP contribution in [0.25, 0.3) is 0 Å². The first-order valence-corrected chi connectivity index (χ1v) is 15.5. The van der Waals surface area contributed by atoms with Gasteiger partial charge in [-0.2, -0.15) is 0 Å². The fourth-order valence-corrected chi connectivity index (χ4v) is 7.48. The second kappa shape index (κ2) is 12.1. The molecule has 5 unspecified atom stereocenters. The molecule has 0 radical (unpaired) electrons. The first-order valence-electron chi connectivity index (χ1n) is 15.5. The summed E-state index contributed by atoms with van der Waals surface area (Å²) in [6.07, 6.45) is 7.39. The lowest BCUT2D eigenvalue weighted by atomic mass is 9.74. The van der Waals surface area contributed by atoms with Gasteiger partial charge in [0.25, 0.3) is 0 Å². The summed E-state index contributed by atoms with van der Waals surface area (Å²) in [7, 11) is 3.58. The Hall–Kier alpha value is -3.69. The van der Waals surface area contributed by atoms with Gasteiger partial charge in [-0.1, -0.05) is 68.3 Å². The van der Waals surface area contributed by atoms with Gasteiger partial charge in [0.2, 0.25) is 17.7 Å². The fourth-order valence-electron chi connectivity index (χ4n) is 7.48. The quantitative estimate of drug-likeness (QED) is 0.413. The Morgan fingerprint density at radius 1 is 1.09 bits per heavy atom. The molecule has 228 valence electrons. The third kappa shape index (κ3) is 5.56. The second-order valence-electron chi connectivity index (χ2n) is 12.6. The van der Waals surface area contributed by atoms with Gasteiger partial charge in [0.15, 0.2) is 0 Å². The van der Waals surface area contributed by atoms with Crippen LogP contribution in [0.2, 0.25) is 0 Å². The minimum atomic E-state index is -1.18. The lowest BCUT2D eigenvalue weighted by Crippen LogP contribution is -2.58. The molecule has 43 heavy (non-hydrogen) atoms. The first kappa shape index (κ1) is 29.4. The number of likely N-dealkylation sites (tertiary alicyclic amines) is 1. The van der Waals surface area contributed by atoms with E-state index in [0.29, 0.717) is 30.4 Å². The maximum atomic E-state index is 14.3. The Bertz CT molecular complexity index is 1380. The topological polar surface area (TPSA) is 100 Å². The van der Waals surface area contributed by atoms with Gasteiger partial charge in [0.1, 0.15) is 17.4 Å². The smallest absolute Gasteiger partial charge is 0.246 e. The Morgan fingerprint density at radius 2 is 1.88 bits per heavy atom. The van der Waals surface area contributed by atoms with Gasteiger partial charge in [-0.3, -0.25) is 14.4 Å². The molecular formula is C34H42N4O5. The molecule has 6 rings (SSSR count). The van der Waals surface area contributed by atoms with Crippen LogP contribution in [0, 0.1) is 17.8 Å². The van der Waals surface area contributed by atoms with Crippen molar-refractivity contribution in [2.75, 3.05) is 32.6 Å². The molecule has 2 saturated heterocycles. The lowest BCUT2D eigenvalue weighted by Gasteiger charge is -2.36. The van der Waals surface area contributed by atoms with Gasteiger partial charge in [-0.15, -0.1) is 0 Å². The highest BCUT2D eigenvalue weighted by Crippen LogP contribution is 2.55. The van der Waals surface area contributed by atoms with Crippen LogP contribution in [-0.2, 0) is 25.7 Å². The average molecular weight is 587 g/mol. The van der Waals surface area contributed by atoms with Crippen molar-refractivity contribution in [1.29, 1.82) is 0 Å². The molecule has 3 heterocycles. The van der Waals surface area contributed by atoms with Crippen LogP contribution < -0.4 is 15.4 Å². The van der Waals surface area contributed by atoms with Gasteiger partial charge in [-0.05, 0) is 43.5 Å². The van der Waals surface area contributed by atoms with Crippen molar-refractivity contribution in [3.63, 3.8) is 0 Å². The van der Waals surface area contributed by atoms with Crippen molar-refractivity contribution in [2.45, 2.75) is 62.9 Å². The Labute approximate surface area is 253 Å². The zero-order chi connectivity index (χ0) is 30.1. The fraction of sp³-hybridized carbons (Fsp3) is 0.500. The number of hydrogen-bond acceptors (Lipinski definition) is 6. The Morgan fingerprint density at radius 3 is 2.65 bits per heavy atom. The van der Waals surface area contributed by atoms with E-state index in [0.717, 1.165) is 25.8 Å². The number of carbonyl (C=O) groups excluding carboxylic acids is 3. The lowest BCUT2D eigenvalue weighted by molar-refractivity contribution is -0.141. The SMILES string of the molecule is COc1cccc(NC(=O)C2[C@H]3C=CC4(O3)C(C(=O)NC3CCCCC3C)N(CCN(C)Cc3ccccc3)C(=O)[C@@H]24)c1. The summed E-state index contributed by atoms with van der Waals surface area (Å²) >= 11 is 0. The molecule has 3 amide bonds. The maximum Gasteiger partial charge on any atom is 0.246 e. The van der Waals surface area contributed by atoms with E-state index < -0.39 is 29.6 Å². The van der Waals surface area contributed by atoms with E-state index in [1.54, 1.807) is 36.3 Å². The number of anilines is 1. The van der Waals surface area contributed by atoms with E-state index in [2.05, 4.69) is 34.6 Å². The van der Waals surface area contributed by atoms with Crippen molar-refractivity contribution in [3.8, 4) is 5.75 Å². The van der Waals surface area contributed by atoms with Crippen molar-refractivity contribution in [2.24, 2.45) is 17.8 Å². The average Bonchev–Trinajstić information content (AvgIpc) is 3.65. The van der Waals surface area contributed by atoms with E-state index in [1.807, 2.05) is 37.4 Å². The standard InChI is InChI=1S/C34H42N4O5/c1-22-10-7-8-15-26(22)36-32(40)30-34-17-16-27(43-34)28(31(39)35-24-13-9-14-25(20-24)42-3)29(34)33(41)38(30)19-18-37(2)21-23-11-5-4-6-12-23/h4-6,9,11-14,16-17,20,22,26-30H,7-8,10,15,18-19,21H2,1-3H3,(H,35,39)(H,36,40)/t22?,26?,27-,28?,29-,30?,34?/m1/s1. The molecule has 3 aliphatic heterocycles. The number of methoxy groups -OCH3 is 1. The summed E-state index contributed by atoms with van der Waals surface area (Å²) in [6, 6.07) is 16.5. The number of fused-ring (bicyclic) bond motifs is 1. The number of benzene rings is 2. The Kier molecular flexibility index (Phi) is 8.29. The van der Waals surface area contributed by atoms with Gasteiger partial charge in [0, 0.05) is 37.4 Å². The van der Waals surface area contributed by atoms with Crippen LogP contribution in [0.4, 0.5) is 5.69 Å². The summed E-state index contributed by atoms with van der Waals surface area (Å²) in [5.74, 6) is -1.25. The summed E-state index contributed by atoms with van der Waals surface area (Å²) in [5.41, 5.74) is 0.571. The highest BCUT2D eigenvalue weighted by molar-refractivity contribution is 6.02. The van der Waals surface area contributed by atoms with E-state index in [9.17, 15) is 14.4 Å². The zero-order valence-corrected chi connectivity index (χ0v) is 25.2. The molecule has 2 aromatic carbocycles. The summed E-state index contributed by atoms with van der Waals surface area (Å²) in [5, 5.41) is 6.27. The number of nitrogens with one attached hydrogen (secondary N) is 2. The number of likely N-dealkylation sites (N-methyl/N-ethyl adjacent to an activating group) is 1. The molecule has 1 aliphatic carbocycles. The number of ether oxygens (including phenoxy) is 2. The van der Waals surface area contributed by atoms with Crippen LogP contribution in [0.1, 0.15) is 38.2 Å². The monoisotopic (exact) mass is 586 g/mol. The molecule has 9 nitrogen and oxygen atoms in total. The largest absolute Gasteiger partial charge is 0.497 e. The van der Waals surface area contributed by atoms with Crippen LogP contribution in [0.3, 0.4) is 0 Å². The number of amides is 3. The number of carbonyl (C=O) groups is 3. The first-order chi connectivity index (χ1) is 20.8. The van der Waals surface area contributed by atoms with Crippen molar-refractivity contribution in [1.82, 2.24) is 15.1 Å². The van der Waals surface area contributed by atoms with Crippen molar-refractivity contribution in [3.05, 3.63) is 72.3 Å². The summed E-state index contributed by atoms with van der Waals surface area (Å²) in [6.45, 7) is 3.82. The second-order valence-corrected chi connectivity index (χ2v) is 12.6. The number of nitrogens with zero attached hydrogens (tertiary/aromatic N) is 2. The van der Waals surface area contributed by atoms with Crippen LogP contribution in [0.5, 0.6) is 5.75 Å². The van der Waals surface area contributed by atoms with E-state index in [-0.39, 0.29) is 23.8 Å². The molecule has 1 saturated carbocycles. The molecule has 4 aliphatic rings. The molecule has 2 N–H and O–H groups in total. The van der Waals surface area contributed by atoms with Gasteiger partial charge < -0.3 is 29.9 Å². The molecule has 9 heteroatoms. The van der Waals surface area contributed by atoms with Crippen LogP contribution >= 0.6 is 0 Å². The zero-order valence-electron chi connectivity index (χ0n) is 25.2. The maximum absolute atomic E-state index is 14.3. The molecule has 2 bridgehead atoms. The summed E-state index contributed by atoms with van der Waals surface area (Å²) in [4.78, 5) is 46.0. The molecule has 1 spiro atoms. The predicted molar refractivity (Wildman–Crippen MR) is 163 cm³/mol. The van der Waals surface area contributed by atoms with E-state index in [4.69, 9.17) is 9.47 Å². The third-order valence-corrected chi connectivity index (χ3v) is 9.72. The number of rotatable bonds is 10. The van der Waals surface area contributed by atoms with E-state index in [1.165, 1.54) is 12.0 Å².